The van der Waals surface area contributed by atoms with E-state index in [2.05, 4.69) is 9.72 Å². The van der Waals surface area contributed by atoms with Crippen LogP contribution in [-0.2, 0) is 5.88 Å². The largest absolute Gasteiger partial charge is 0.574 e. The highest BCUT2D eigenvalue weighted by atomic mass is 127. The summed E-state index contributed by atoms with van der Waals surface area (Å²) in [5.74, 6) is -0.223. The zero-order valence-corrected chi connectivity index (χ0v) is 10.4. The summed E-state index contributed by atoms with van der Waals surface area (Å²) in [4.78, 5) is 3.69. The van der Waals surface area contributed by atoms with E-state index in [0.29, 0.717) is 14.8 Å². The van der Waals surface area contributed by atoms with Crippen LogP contribution in [0.2, 0.25) is 0 Å². The molecule has 15 heavy (non-hydrogen) atoms. The number of alkyl halides is 4. The summed E-state index contributed by atoms with van der Waals surface area (Å²) in [5, 5.41) is 0. The first kappa shape index (κ1) is 12.8. The Labute approximate surface area is 103 Å². The van der Waals surface area contributed by atoms with Crippen molar-refractivity contribution < 1.29 is 17.9 Å². The minimum atomic E-state index is -4.72. The number of aryl methyl sites for hydroxylation is 1. The molecule has 0 aliphatic rings. The van der Waals surface area contributed by atoms with Crippen molar-refractivity contribution in [2.24, 2.45) is 0 Å². The van der Waals surface area contributed by atoms with E-state index in [1.165, 1.54) is 13.0 Å². The van der Waals surface area contributed by atoms with Gasteiger partial charge in [0.1, 0.15) is 3.70 Å². The van der Waals surface area contributed by atoms with E-state index in [1.807, 2.05) is 22.6 Å². The fourth-order valence-corrected chi connectivity index (χ4v) is 1.93. The third-order valence-corrected chi connectivity index (χ3v) is 2.77. The van der Waals surface area contributed by atoms with Crippen LogP contribution >= 0.6 is 34.2 Å². The van der Waals surface area contributed by atoms with Crippen LogP contribution in [0.1, 0.15) is 11.1 Å². The summed E-state index contributed by atoms with van der Waals surface area (Å²) in [6, 6.07) is 1.53. The summed E-state index contributed by atoms with van der Waals surface area (Å²) in [6.07, 6.45) is -4.72. The zero-order chi connectivity index (χ0) is 11.6. The lowest BCUT2D eigenvalue weighted by molar-refractivity contribution is -0.276. The summed E-state index contributed by atoms with van der Waals surface area (Å²) >= 11 is 7.39. The van der Waals surface area contributed by atoms with Gasteiger partial charge < -0.3 is 4.74 Å². The Hall–Kier alpha value is -0.240. The first-order valence-electron chi connectivity index (χ1n) is 3.81. The zero-order valence-electron chi connectivity index (χ0n) is 7.53. The van der Waals surface area contributed by atoms with Crippen LogP contribution in [-0.4, -0.2) is 11.3 Å². The van der Waals surface area contributed by atoms with Gasteiger partial charge in [0.25, 0.3) is 0 Å². The van der Waals surface area contributed by atoms with Crippen LogP contribution in [0.15, 0.2) is 6.07 Å². The number of nitrogens with zero attached hydrogens (tertiary/aromatic N) is 1. The van der Waals surface area contributed by atoms with Gasteiger partial charge in [-0.05, 0) is 41.1 Å². The van der Waals surface area contributed by atoms with Gasteiger partial charge in [-0.25, -0.2) is 4.98 Å². The first-order chi connectivity index (χ1) is 6.83. The maximum atomic E-state index is 11.9. The SMILES string of the molecule is Cc1cc(CCl)c(I)nc1OC(F)(F)F. The third-order valence-electron chi connectivity index (χ3n) is 1.55. The molecule has 0 aromatic carbocycles. The van der Waals surface area contributed by atoms with Gasteiger partial charge in [0, 0.05) is 11.4 Å². The number of rotatable bonds is 2. The lowest BCUT2D eigenvalue weighted by Crippen LogP contribution is -2.19. The lowest BCUT2D eigenvalue weighted by atomic mass is 10.2. The molecule has 1 heterocycles. The van der Waals surface area contributed by atoms with Crippen molar-refractivity contribution in [1.82, 2.24) is 4.98 Å². The maximum absolute atomic E-state index is 11.9. The van der Waals surface area contributed by atoms with E-state index in [-0.39, 0.29) is 5.88 Å². The van der Waals surface area contributed by atoms with Crippen LogP contribution in [0.3, 0.4) is 0 Å². The van der Waals surface area contributed by atoms with Crippen molar-refractivity contribution in [2.45, 2.75) is 19.2 Å². The number of hydrogen-bond acceptors (Lipinski definition) is 2. The van der Waals surface area contributed by atoms with Crippen LogP contribution in [0.25, 0.3) is 0 Å². The Bertz CT molecular complexity index is 370. The van der Waals surface area contributed by atoms with Crippen molar-refractivity contribution in [3.05, 3.63) is 20.9 Å². The molecular formula is C8H6ClF3INO. The molecule has 1 rings (SSSR count). The standard InChI is InChI=1S/C8H6ClF3INO/c1-4-2-5(3-9)6(13)14-7(4)15-8(10,11)12/h2H,3H2,1H3. The van der Waals surface area contributed by atoms with Gasteiger partial charge in [0.2, 0.25) is 5.88 Å². The maximum Gasteiger partial charge on any atom is 0.574 e. The van der Waals surface area contributed by atoms with Crippen LogP contribution in [0, 0.1) is 10.6 Å². The highest BCUT2D eigenvalue weighted by molar-refractivity contribution is 14.1. The van der Waals surface area contributed by atoms with Gasteiger partial charge >= 0.3 is 6.36 Å². The molecule has 2 nitrogen and oxygen atoms in total. The third kappa shape index (κ3) is 3.67. The number of pyridine rings is 1. The molecule has 0 atom stereocenters. The summed E-state index contributed by atoms with van der Waals surface area (Å²) in [6.45, 7) is 1.49. The number of hydrogen-bond donors (Lipinski definition) is 0. The molecule has 0 unspecified atom stereocenters. The highest BCUT2D eigenvalue weighted by Crippen LogP contribution is 2.26. The van der Waals surface area contributed by atoms with Crippen molar-refractivity contribution in [3.8, 4) is 5.88 Å². The molecule has 0 fully saturated rings. The second-order valence-corrected chi connectivity index (χ2v) is 4.03. The lowest BCUT2D eigenvalue weighted by Gasteiger charge is -2.11. The molecule has 7 heteroatoms. The average Bonchev–Trinajstić information content (AvgIpc) is 2.08. The number of halogens is 5. The molecule has 84 valence electrons. The van der Waals surface area contributed by atoms with Crippen molar-refractivity contribution >= 4 is 34.2 Å². The molecule has 0 saturated carbocycles. The Kier molecular flexibility index (Phi) is 4.05. The fourth-order valence-electron chi connectivity index (χ4n) is 0.938. The van der Waals surface area contributed by atoms with Gasteiger partial charge in [0.15, 0.2) is 0 Å². The van der Waals surface area contributed by atoms with Crippen molar-refractivity contribution in [2.75, 3.05) is 0 Å². The Morgan fingerprint density at radius 3 is 2.60 bits per heavy atom. The van der Waals surface area contributed by atoms with Crippen LogP contribution in [0.4, 0.5) is 13.2 Å². The summed E-state index contributed by atoms with van der Waals surface area (Å²) in [7, 11) is 0. The second-order valence-electron chi connectivity index (χ2n) is 2.74. The Morgan fingerprint density at radius 1 is 1.53 bits per heavy atom. The minimum Gasteiger partial charge on any atom is -0.388 e. The van der Waals surface area contributed by atoms with Gasteiger partial charge in [-0.1, -0.05) is 0 Å². The van der Waals surface area contributed by atoms with Gasteiger partial charge in [-0.3, -0.25) is 0 Å². The van der Waals surface area contributed by atoms with Crippen molar-refractivity contribution in [3.63, 3.8) is 0 Å². The molecule has 0 aliphatic heterocycles. The van der Waals surface area contributed by atoms with E-state index in [1.54, 1.807) is 0 Å². The van der Waals surface area contributed by atoms with E-state index >= 15 is 0 Å². The van der Waals surface area contributed by atoms with E-state index in [9.17, 15) is 13.2 Å². The summed E-state index contributed by atoms with van der Waals surface area (Å²) in [5.41, 5.74) is 0.993. The Morgan fingerprint density at radius 2 is 2.13 bits per heavy atom. The molecule has 0 aliphatic carbocycles. The van der Waals surface area contributed by atoms with E-state index in [0.717, 1.165) is 0 Å². The molecule has 0 radical (unpaired) electrons. The topological polar surface area (TPSA) is 22.1 Å². The molecule has 0 spiro atoms. The molecule has 0 N–H and O–H groups in total. The highest BCUT2D eigenvalue weighted by Gasteiger charge is 2.32. The molecular weight excluding hydrogens is 345 g/mol. The number of ether oxygens (including phenoxy) is 1. The minimum absolute atomic E-state index is 0.207. The smallest absolute Gasteiger partial charge is 0.388 e. The van der Waals surface area contributed by atoms with Gasteiger partial charge in [-0.15, -0.1) is 24.8 Å². The van der Waals surface area contributed by atoms with Crippen LogP contribution in [0.5, 0.6) is 5.88 Å². The van der Waals surface area contributed by atoms with Gasteiger partial charge in [0.05, 0.1) is 0 Å². The van der Waals surface area contributed by atoms with Crippen molar-refractivity contribution in [1.29, 1.82) is 0 Å². The number of aromatic nitrogens is 1. The molecule has 0 saturated heterocycles. The summed E-state index contributed by atoms with van der Waals surface area (Å²) < 4.78 is 40.0. The van der Waals surface area contributed by atoms with Gasteiger partial charge in [-0.2, -0.15) is 0 Å². The predicted molar refractivity (Wildman–Crippen MR) is 57.9 cm³/mol. The Balaban J connectivity index is 3.05. The second kappa shape index (κ2) is 4.73. The first-order valence-corrected chi connectivity index (χ1v) is 5.42. The molecule has 0 bridgehead atoms. The average molecular weight is 351 g/mol. The monoisotopic (exact) mass is 351 g/mol. The fraction of sp³-hybridized carbons (Fsp3) is 0.375. The molecule has 0 amide bonds. The van der Waals surface area contributed by atoms with E-state index in [4.69, 9.17) is 11.6 Å². The predicted octanol–water partition coefficient (Wildman–Crippen LogP) is 3.63. The van der Waals surface area contributed by atoms with Crippen LogP contribution < -0.4 is 4.74 Å². The molecule has 1 aromatic heterocycles. The quantitative estimate of drug-likeness (QED) is 0.461. The molecule has 1 aromatic rings. The normalized spacial score (nSPS) is 11.6. The van der Waals surface area contributed by atoms with E-state index < -0.39 is 12.2 Å².